The maximum absolute atomic E-state index is 5.33. The van der Waals surface area contributed by atoms with Gasteiger partial charge in [0.25, 0.3) is 0 Å². The van der Waals surface area contributed by atoms with Gasteiger partial charge in [0.05, 0.1) is 17.3 Å². The summed E-state index contributed by atoms with van der Waals surface area (Å²) >= 11 is 1.54. The highest BCUT2D eigenvalue weighted by atomic mass is 32.1. The van der Waals surface area contributed by atoms with Crippen LogP contribution in [0.15, 0.2) is 67.0 Å². The molecule has 1 N–H and O–H groups in total. The topological polar surface area (TPSA) is 77.8 Å². The lowest BCUT2D eigenvalue weighted by Gasteiger charge is -2.11. The molecule has 5 aromatic rings. The van der Waals surface area contributed by atoms with E-state index in [1.54, 1.807) is 30.8 Å². The molecule has 0 aliphatic heterocycles. The van der Waals surface area contributed by atoms with E-state index in [9.17, 15) is 0 Å². The number of rotatable bonds is 5. The van der Waals surface area contributed by atoms with Gasteiger partial charge in [-0.3, -0.25) is 10.4 Å². The first-order chi connectivity index (χ1) is 14.7. The number of anilines is 1. The van der Waals surface area contributed by atoms with Gasteiger partial charge < -0.3 is 4.74 Å². The molecule has 0 saturated heterocycles. The number of fused-ring (bicyclic) bond motifs is 1. The van der Waals surface area contributed by atoms with E-state index < -0.39 is 0 Å². The maximum atomic E-state index is 5.33. The molecule has 30 heavy (non-hydrogen) atoms. The van der Waals surface area contributed by atoms with E-state index in [-0.39, 0.29) is 0 Å². The van der Waals surface area contributed by atoms with E-state index in [4.69, 9.17) is 9.72 Å². The van der Waals surface area contributed by atoms with Crippen molar-refractivity contribution in [2.45, 2.75) is 6.92 Å². The van der Waals surface area contributed by atoms with Gasteiger partial charge in [-0.1, -0.05) is 41.2 Å². The Labute approximate surface area is 177 Å². The quantitative estimate of drug-likeness (QED) is 0.445. The Morgan fingerprint density at radius 1 is 0.967 bits per heavy atom. The second-order valence-electron chi connectivity index (χ2n) is 6.75. The summed E-state index contributed by atoms with van der Waals surface area (Å²) < 4.78 is 8.22. The van der Waals surface area contributed by atoms with Crippen molar-refractivity contribution in [3.63, 3.8) is 0 Å². The fourth-order valence-electron chi connectivity index (χ4n) is 3.14. The number of aryl methyl sites for hydroxylation is 1. The van der Waals surface area contributed by atoms with Crippen molar-refractivity contribution in [2.24, 2.45) is 0 Å². The zero-order chi connectivity index (χ0) is 20.5. The van der Waals surface area contributed by atoms with Crippen molar-refractivity contribution in [1.82, 2.24) is 24.8 Å². The van der Waals surface area contributed by atoms with E-state index >= 15 is 0 Å². The molecule has 3 heterocycles. The lowest BCUT2D eigenvalue weighted by molar-refractivity contribution is 0.415. The molecule has 3 aromatic heterocycles. The minimum atomic E-state index is 0.663. The van der Waals surface area contributed by atoms with E-state index in [1.807, 2.05) is 47.1 Å². The summed E-state index contributed by atoms with van der Waals surface area (Å²) in [7, 11) is 1.66. The number of pyridine rings is 1. The highest BCUT2D eigenvalue weighted by Crippen LogP contribution is 2.31. The highest BCUT2D eigenvalue weighted by molar-refractivity contribution is 7.22. The first-order valence-electron chi connectivity index (χ1n) is 9.36. The highest BCUT2D eigenvalue weighted by Gasteiger charge is 2.17. The SMILES string of the molecule is COc1ccc2nc(Nn3c(-c4ccc(C)cc4)nnc3-c3cccnc3)sc2c1. The average molecular weight is 414 g/mol. The number of thiazole rings is 1. The van der Waals surface area contributed by atoms with Crippen molar-refractivity contribution in [2.75, 3.05) is 12.5 Å². The fourth-order valence-corrected chi connectivity index (χ4v) is 4.02. The Morgan fingerprint density at radius 3 is 2.50 bits per heavy atom. The summed E-state index contributed by atoms with van der Waals surface area (Å²) in [6, 6.07) is 17.9. The first-order valence-corrected chi connectivity index (χ1v) is 10.2. The van der Waals surface area contributed by atoms with Gasteiger partial charge in [-0.25, -0.2) is 9.66 Å². The molecule has 0 bridgehead atoms. The van der Waals surface area contributed by atoms with Crippen molar-refractivity contribution < 1.29 is 4.74 Å². The molecule has 0 radical (unpaired) electrons. The van der Waals surface area contributed by atoms with Gasteiger partial charge in [0, 0.05) is 23.5 Å². The molecule has 0 unspecified atom stereocenters. The zero-order valence-corrected chi connectivity index (χ0v) is 17.2. The molecule has 0 atom stereocenters. The number of hydrogen-bond acceptors (Lipinski definition) is 7. The smallest absolute Gasteiger partial charge is 0.203 e. The van der Waals surface area contributed by atoms with Crippen LogP contribution in [0.4, 0.5) is 5.13 Å². The predicted octanol–water partition coefficient (Wildman–Crippen LogP) is 4.81. The molecule has 0 aliphatic carbocycles. The summed E-state index contributed by atoms with van der Waals surface area (Å²) in [5.74, 6) is 2.17. The molecule has 0 saturated carbocycles. The van der Waals surface area contributed by atoms with Gasteiger partial charge in [0.15, 0.2) is 11.6 Å². The minimum absolute atomic E-state index is 0.663. The summed E-state index contributed by atoms with van der Waals surface area (Å²) in [6.07, 6.45) is 3.50. The van der Waals surface area contributed by atoms with Gasteiger partial charge in [0.2, 0.25) is 5.13 Å². The molecular formula is C22H18N6OS. The summed E-state index contributed by atoms with van der Waals surface area (Å²) in [5.41, 5.74) is 7.29. The van der Waals surface area contributed by atoms with Gasteiger partial charge in [0.1, 0.15) is 5.75 Å². The van der Waals surface area contributed by atoms with E-state index in [2.05, 4.69) is 39.7 Å². The lowest BCUT2D eigenvalue weighted by atomic mass is 10.1. The molecule has 5 rings (SSSR count). The van der Waals surface area contributed by atoms with Crippen LogP contribution in [0, 0.1) is 6.92 Å². The third kappa shape index (κ3) is 3.37. The second kappa shape index (κ2) is 7.57. The van der Waals surface area contributed by atoms with E-state index in [1.165, 1.54) is 5.56 Å². The van der Waals surface area contributed by atoms with Gasteiger partial charge in [-0.2, -0.15) is 0 Å². The van der Waals surface area contributed by atoms with Crippen molar-refractivity contribution >= 4 is 26.7 Å². The Morgan fingerprint density at radius 2 is 1.77 bits per heavy atom. The molecular weight excluding hydrogens is 396 g/mol. The van der Waals surface area contributed by atoms with Crippen LogP contribution < -0.4 is 10.2 Å². The number of nitrogens with zero attached hydrogens (tertiary/aromatic N) is 5. The summed E-state index contributed by atoms with van der Waals surface area (Å²) in [6.45, 7) is 2.06. The van der Waals surface area contributed by atoms with Crippen LogP contribution in [-0.2, 0) is 0 Å². The predicted molar refractivity (Wildman–Crippen MR) is 119 cm³/mol. The molecule has 148 valence electrons. The fraction of sp³-hybridized carbons (Fsp3) is 0.0909. The zero-order valence-electron chi connectivity index (χ0n) is 16.4. The minimum Gasteiger partial charge on any atom is -0.497 e. The number of aromatic nitrogens is 5. The first kappa shape index (κ1) is 18.3. The number of methoxy groups -OCH3 is 1. The third-order valence-corrected chi connectivity index (χ3v) is 5.62. The molecule has 0 amide bonds. The van der Waals surface area contributed by atoms with E-state index in [0.29, 0.717) is 11.6 Å². The van der Waals surface area contributed by atoms with Crippen LogP contribution in [0.3, 0.4) is 0 Å². The lowest BCUT2D eigenvalue weighted by Crippen LogP contribution is -2.12. The van der Waals surface area contributed by atoms with E-state index in [0.717, 1.165) is 32.2 Å². The van der Waals surface area contributed by atoms with Crippen molar-refractivity contribution in [3.05, 3.63) is 72.6 Å². The Hall–Kier alpha value is -3.78. The Balaban J connectivity index is 1.61. The van der Waals surface area contributed by atoms with Crippen LogP contribution in [0.1, 0.15) is 5.56 Å². The van der Waals surface area contributed by atoms with Crippen molar-refractivity contribution in [3.8, 4) is 28.5 Å². The van der Waals surface area contributed by atoms with Crippen LogP contribution in [-0.4, -0.2) is 32.0 Å². The van der Waals surface area contributed by atoms with Crippen LogP contribution in [0.2, 0.25) is 0 Å². The summed E-state index contributed by atoms with van der Waals surface area (Å²) in [5, 5.41) is 9.61. The third-order valence-electron chi connectivity index (χ3n) is 4.70. The normalized spacial score (nSPS) is 11.0. The van der Waals surface area contributed by atoms with Gasteiger partial charge in [-0.15, -0.1) is 10.2 Å². The van der Waals surface area contributed by atoms with Crippen molar-refractivity contribution in [1.29, 1.82) is 0 Å². The molecule has 0 fully saturated rings. The van der Waals surface area contributed by atoms with Crippen LogP contribution in [0.25, 0.3) is 33.0 Å². The Kier molecular flexibility index (Phi) is 4.61. The molecule has 0 spiro atoms. The van der Waals surface area contributed by atoms with Crippen LogP contribution >= 0.6 is 11.3 Å². The largest absolute Gasteiger partial charge is 0.497 e. The monoisotopic (exact) mass is 414 g/mol. The molecule has 7 nitrogen and oxygen atoms in total. The van der Waals surface area contributed by atoms with Gasteiger partial charge in [-0.05, 0) is 37.3 Å². The Bertz CT molecular complexity index is 1310. The molecule has 8 heteroatoms. The number of ether oxygens (including phenoxy) is 1. The standard InChI is InChI=1S/C22H18N6OS/c1-14-5-7-15(8-6-14)20-25-26-21(16-4-3-11-23-13-16)28(20)27-22-24-18-10-9-17(29-2)12-19(18)30-22/h3-13H,1-2H3,(H,24,27). The summed E-state index contributed by atoms with van der Waals surface area (Å²) in [4.78, 5) is 8.93. The maximum Gasteiger partial charge on any atom is 0.203 e. The second-order valence-corrected chi connectivity index (χ2v) is 7.79. The van der Waals surface area contributed by atoms with Gasteiger partial charge >= 0.3 is 0 Å². The number of hydrogen-bond donors (Lipinski definition) is 1. The molecule has 0 aliphatic rings. The molecule has 2 aromatic carbocycles. The van der Waals surface area contributed by atoms with Crippen LogP contribution in [0.5, 0.6) is 5.75 Å². The average Bonchev–Trinajstić information content (AvgIpc) is 3.38. The number of benzene rings is 2. The number of nitrogens with one attached hydrogen (secondary N) is 1.